The summed E-state index contributed by atoms with van der Waals surface area (Å²) in [6.07, 6.45) is 0. The van der Waals surface area contributed by atoms with Crippen LogP contribution in [0.25, 0.3) is 105 Å². The monoisotopic (exact) mass is 674 g/mol. The third kappa shape index (κ3) is 3.87. The number of benzene rings is 8. The second-order valence-corrected chi connectivity index (χ2v) is 13.9. The smallest absolute Gasteiger partial charge is 0.146 e. The van der Waals surface area contributed by atoms with Crippen LogP contribution in [-0.2, 0) is 0 Å². The molecule has 53 heavy (non-hydrogen) atoms. The lowest BCUT2D eigenvalue weighted by Gasteiger charge is -2.25. The van der Waals surface area contributed by atoms with Crippen LogP contribution in [0.5, 0.6) is 0 Å². The highest BCUT2D eigenvalue weighted by atomic mass is 15.1. The molecule has 0 atom stereocenters. The quantitative estimate of drug-likeness (QED) is 0.179. The van der Waals surface area contributed by atoms with Gasteiger partial charge in [0.15, 0.2) is 0 Å². The van der Waals surface area contributed by atoms with Crippen molar-refractivity contribution < 1.29 is 0 Å². The predicted molar refractivity (Wildman–Crippen MR) is 220 cm³/mol. The minimum atomic E-state index is 0.952. The lowest BCUT2D eigenvalue weighted by molar-refractivity contribution is 1.09. The van der Waals surface area contributed by atoms with E-state index in [1.165, 1.54) is 65.9 Å². The Hall–Kier alpha value is -7.17. The molecule has 1 aliphatic rings. The predicted octanol–water partition coefficient (Wildman–Crippen LogP) is 12.5. The Morgan fingerprint density at radius 3 is 1.51 bits per heavy atom. The van der Waals surface area contributed by atoms with Gasteiger partial charge in [0.2, 0.25) is 0 Å². The first-order valence-corrected chi connectivity index (χ1v) is 18.2. The number of nitrogens with zero attached hydrogens (tertiary/aromatic N) is 4. The van der Waals surface area contributed by atoms with Gasteiger partial charge in [-0.05, 0) is 77.4 Å². The van der Waals surface area contributed by atoms with Gasteiger partial charge in [0.05, 0.1) is 44.5 Å². The molecule has 0 amide bonds. The number of hydrogen-bond acceptors (Lipinski definition) is 1. The maximum absolute atomic E-state index is 5.29. The van der Waals surface area contributed by atoms with Crippen LogP contribution in [0.15, 0.2) is 182 Å². The maximum atomic E-state index is 5.29. The van der Waals surface area contributed by atoms with Gasteiger partial charge in [-0.2, -0.15) is 0 Å². The Kier molecular flexibility index (Phi) is 5.74. The zero-order valence-corrected chi connectivity index (χ0v) is 28.6. The van der Waals surface area contributed by atoms with Gasteiger partial charge in [0, 0.05) is 38.4 Å². The Morgan fingerprint density at radius 1 is 0.321 bits per heavy atom. The summed E-state index contributed by atoms with van der Waals surface area (Å²) in [5.74, 6) is 0.952. The average molecular weight is 675 g/mol. The second kappa shape index (κ2) is 10.7. The number of imidazole rings is 1. The first-order valence-electron chi connectivity index (χ1n) is 18.2. The van der Waals surface area contributed by atoms with Gasteiger partial charge in [-0.15, -0.1) is 0 Å². The van der Waals surface area contributed by atoms with Crippen molar-refractivity contribution in [1.82, 2.24) is 18.7 Å². The molecular weight excluding hydrogens is 645 g/mol. The van der Waals surface area contributed by atoms with E-state index in [1.807, 2.05) is 0 Å². The van der Waals surface area contributed by atoms with E-state index >= 15 is 0 Å². The molecule has 11 aromatic rings. The van der Waals surface area contributed by atoms with Gasteiger partial charge in [0.1, 0.15) is 5.82 Å². The molecule has 0 aliphatic carbocycles. The first-order chi connectivity index (χ1) is 26.3. The summed E-state index contributed by atoms with van der Waals surface area (Å²) < 4.78 is 7.26. The number of hydrogen-bond donors (Lipinski definition) is 0. The second-order valence-electron chi connectivity index (χ2n) is 13.9. The number of fused-ring (bicyclic) bond motifs is 16. The van der Waals surface area contributed by atoms with E-state index in [-0.39, 0.29) is 0 Å². The SMILES string of the molecule is c1ccc2c(c1)-c1ccccc1-c1nc3ccccc3n1-c1cccc(-n3c4ccccc4c4cc(-n5c6ccccc6c6ccccc65)ccc43)c1-2. The van der Waals surface area contributed by atoms with Gasteiger partial charge in [-0.1, -0.05) is 121 Å². The summed E-state index contributed by atoms with van der Waals surface area (Å²) >= 11 is 0. The van der Waals surface area contributed by atoms with Crippen LogP contribution in [0.4, 0.5) is 0 Å². The van der Waals surface area contributed by atoms with Crippen molar-refractivity contribution >= 4 is 54.6 Å². The molecule has 4 heterocycles. The fourth-order valence-corrected chi connectivity index (χ4v) is 9.04. The highest BCUT2D eigenvalue weighted by Crippen LogP contribution is 2.48. The molecule has 0 bridgehead atoms. The summed E-state index contributed by atoms with van der Waals surface area (Å²) in [6, 6.07) is 66.1. The Morgan fingerprint density at radius 2 is 0.811 bits per heavy atom. The fraction of sp³-hybridized carbons (Fsp3) is 0. The molecule has 0 spiro atoms. The summed E-state index contributed by atoms with van der Waals surface area (Å²) in [5.41, 5.74) is 16.1. The molecule has 0 fully saturated rings. The van der Waals surface area contributed by atoms with Gasteiger partial charge in [0.25, 0.3) is 0 Å². The molecule has 4 nitrogen and oxygen atoms in total. The van der Waals surface area contributed by atoms with Gasteiger partial charge in [-0.25, -0.2) is 4.98 Å². The third-order valence-corrected chi connectivity index (χ3v) is 11.2. The summed E-state index contributed by atoms with van der Waals surface area (Å²) in [7, 11) is 0. The summed E-state index contributed by atoms with van der Waals surface area (Å²) in [6.45, 7) is 0. The van der Waals surface area contributed by atoms with Crippen molar-refractivity contribution in [2.24, 2.45) is 0 Å². The highest BCUT2D eigenvalue weighted by molar-refractivity contribution is 6.13. The van der Waals surface area contributed by atoms with Crippen molar-refractivity contribution in [2.75, 3.05) is 0 Å². The molecule has 4 heteroatoms. The molecule has 12 rings (SSSR count). The zero-order valence-electron chi connectivity index (χ0n) is 28.6. The van der Waals surface area contributed by atoms with Crippen molar-refractivity contribution in [3.8, 4) is 50.7 Å². The zero-order chi connectivity index (χ0) is 34.6. The normalized spacial score (nSPS) is 12.2. The molecule has 0 saturated carbocycles. The van der Waals surface area contributed by atoms with E-state index in [0.717, 1.165) is 39.5 Å². The summed E-state index contributed by atoms with van der Waals surface area (Å²) in [4.78, 5) is 5.29. The van der Waals surface area contributed by atoms with Crippen molar-refractivity contribution in [1.29, 1.82) is 0 Å². The van der Waals surface area contributed by atoms with Crippen LogP contribution in [-0.4, -0.2) is 18.7 Å². The van der Waals surface area contributed by atoms with E-state index in [0.29, 0.717) is 0 Å². The Balaban J connectivity index is 1.20. The van der Waals surface area contributed by atoms with E-state index in [2.05, 4.69) is 196 Å². The lowest BCUT2D eigenvalue weighted by atomic mass is 9.88. The van der Waals surface area contributed by atoms with E-state index in [9.17, 15) is 0 Å². The van der Waals surface area contributed by atoms with Gasteiger partial charge in [-0.3, -0.25) is 4.57 Å². The molecule has 0 N–H and O–H groups in total. The average Bonchev–Trinajstić information content (AvgIpc) is 3.88. The van der Waals surface area contributed by atoms with Crippen LogP contribution in [0.3, 0.4) is 0 Å². The first kappa shape index (κ1) is 28.5. The lowest BCUT2D eigenvalue weighted by Crippen LogP contribution is -2.08. The van der Waals surface area contributed by atoms with Crippen LogP contribution < -0.4 is 0 Å². The van der Waals surface area contributed by atoms with Crippen LogP contribution >= 0.6 is 0 Å². The molecule has 3 aromatic heterocycles. The van der Waals surface area contributed by atoms with E-state index < -0.39 is 0 Å². The van der Waals surface area contributed by atoms with E-state index in [4.69, 9.17) is 4.98 Å². The van der Waals surface area contributed by atoms with Gasteiger partial charge < -0.3 is 9.13 Å². The largest absolute Gasteiger partial charge is 0.309 e. The molecule has 0 unspecified atom stereocenters. The van der Waals surface area contributed by atoms with Crippen molar-refractivity contribution in [2.45, 2.75) is 0 Å². The fourth-order valence-electron chi connectivity index (χ4n) is 9.04. The molecular formula is C49H30N4. The number of aromatic nitrogens is 4. The van der Waals surface area contributed by atoms with Crippen LogP contribution in [0, 0.1) is 0 Å². The number of para-hydroxylation sites is 5. The van der Waals surface area contributed by atoms with Crippen molar-refractivity contribution in [3.05, 3.63) is 182 Å². The third-order valence-electron chi connectivity index (χ3n) is 11.2. The minimum Gasteiger partial charge on any atom is -0.309 e. The Labute approximate surface area is 305 Å². The standard InChI is InChI=1S/C49H30N4/c1-3-19-37-32(14-1)33-15-2-4-20-38(33)49-50-40-21-8-12-25-45(40)53(49)47-27-13-26-46(48(37)47)52-43-24-11-7-18-36(43)39-30-31(28-29-44(39)52)51-41-22-9-5-16-34(41)35-17-6-10-23-42(35)51/h1-30H. The highest BCUT2D eigenvalue weighted by Gasteiger charge is 2.27. The molecule has 0 saturated heterocycles. The molecule has 1 aliphatic heterocycles. The van der Waals surface area contributed by atoms with Crippen molar-refractivity contribution in [3.63, 3.8) is 0 Å². The number of rotatable bonds is 2. The molecule has 0 radical (unpaired) electrons. The van der Waals surface area contributed by atoms with E-state index in [1.54, 1.807) is 0 Å². The molecule has 246 valence electrons. The minimum absolute atomic E-state index is 0.952. The Bertz CT molecular complexity index is 3250. The summed E-state index contributed by atoms with van der Waals surface area (Å²) in [5, 5.41) is 4.97. The molecule has 8 aromatic carbocycles. The topological polar surface area (TPSA) is 27.7 Å². The van der Waals surface area contributed by atoms with Crippen LogP contribution in [0.2, 0.25) is 0 Å². The maximum Gasteiger partial charge on any atom is 0.146 e. The van der Waals surface area contributed by atoms with Crippen LogP contribution in [0.1, 0.15) is 0 Å². The van der Waals surface area contributed by atoms with Gasteiger partial charge >= 0.3 is 0 Å².